The summed E-state index contributed by atoms with van der Waals surface area (Å²) in [6.07, 6.45) is -4.50. The Morgan fingerprint density at radius 1 is 1.19 bits per heavy atom. The number of halogens is 4. The van der Waals surface area contributed by atoms with Gasteiger partial charge >= 0.3 is 6.18 Å². The van der Waals surface area contributed by atoms with Crippen LogP contribution in [0.4, 0.5) is 18.9 Å². The number of amides is 1. The fraction of sp³-hybridized carbons (Fsp3) is 0.278. The first-order chi connectivity index (χ1) is 11.7. The zero-order valence-corrected chi connectivity index (χ0v) is 15.9. The largest absolute Gasteiger partial charge is 0.416 e. The highest BCUT2D eigenvalue weighted by atomic mass is 35.5. The highest BCUT2D eigenvalue weighted by Gasteiger charge is 2.31. The van der Waals surface area contributed by atoms with Crippen molar-refractivity contribution in [2.75, 3.05) is 5.32 Å². The number of nitrogens with two attached hydrogens (primary N) is 1. The van der Waals surface area contributed by atoms with Crippen LogP contribution in [0.15, 0.2) is 47.4 Å². The van der Waals surface area contributed by atoms with Crippen molar-refractivity contribution in [3.05, 3.63) is 59.2 Å². The molecular formula is C18H20ClF3N2OS. The van der Waals surface area contributed by atoms with Crippen LogP contribution >= 0.6 is 24.2 Å². The number of hydrogen-bond acceptors (Lipinski definition) is 3. The molecule has 0 aliphatic carbocycles. The molecule has 3 nitrogen and oxygen atoms in total. The molecule has 0 heterocycles. The highest BCUT2D eigenvalue weighted by Crippen LogP contribution is 2.32. The molecule has 8 heteroatoms. The van der Waals surface area contributed by atoms with E-state index in [2.05, 4.69) is 5.32 Å². The Kier molecular flexibility index (Phi) is 7.99. The van der Waals surface area contributed by atoms with E-state index in [1.807, 2.05) is 26.0 Å². The number of carbonyl (C=O) groups excluding carboxylic acids is 1. The molecule has 0 fully saturated rings. The first kappa shape index (κ1) is 22.3. The molecule has 3 N–H and O–H groups in total. The van der Waals surface area contributed by atoms with Crippen molar-refractivity contribution in [2.45, 2.75) is 36.7 Å². The second-order valence-corrected chi connectivity index (χ2v) is 7.36. The van der Waals surface area contributed by atoms with Gasteiger partial charge in [-0.25, -0.2) is 0 Å². The number of anilines is 1. The Bertz CT molecular complexity index is 766. The van der Waals surface area contributed by atoms with Gasteiger partial charge in [0.1, 0.15) is 0 Å². The smallest absolute Gasteiger partial charge is 0.326 e. The molecule has 2 aromatic rings. The molecule has 0 aromatic heterocycles. The van der Waals surface area contributed by atoms with Gasteiger partial charge in [-0.15, -0.1) is 24.2 Å². The zero-order chi connectivity index (χ0) is 18.6. The van der Waals surface area contributed by atoms with Crippen molar-refractivity contribution < 1.29 is 18.0 Å². The highest BCUT2D eigenvalue weighted by molar-refractivity contribution is 8.00. The quantitative estimate of drug-likeness (QED) is 0.661. The van der Waals surface area contributed by atoms with Gasteiger partial charge in [0, 0.05) is 22.4 Å². The minimum absolute atomic E-state index is 0. The van der Waals surface area contributed by atoms with Crippen LogP contribution < -0.4 is 11.1 Å². The molecule has 0 spiro atoms. The molecule has 0 saturated heterocycles. The molecule has 0 unspecified atom stereocenters. The summed E-state index contributed by atoms with van der Waals surface area (Å²) in [7, 11) is 0. The van der Waals surface area contributed by atoms with Crippen molar-refractivity contribution in [3.63, 3.8) is 0 Å². The standard InChI is InChI=1S/C18H19F3N2OS.ClH/c1-11(2)25-16-6-4-3-5-15(16)17(24)23-14-8-12(10-22)7-13(9-14)18(19,20)21;/h3-9,11H,10,22H2,1-2H3,(H,23,24);1H. The molecule has 0 atom stereocenters. The lowest BCUT2D eigenvalue weighted by Gasteiger charge is -2.14. The van der Waals surface area contributed by atoms with Gasteiger partial charge in [-0.3, -0.25) is 4.79 Å². The van der Waals surface area contributed by atoms with Gasteiger partial charge in [-0.1, -0.05) is 26.0 Å². The van der Waals surface area contributed by atoms with E-state index in [-0.39, 0.29) is 29.9 Å². The van der Waals surface area contributed by atoms with Crippen LogP contribution in [0.5, 0.6) is 0 Å². The molecule has 0 aliphatic heterocycles. The average molecular weight is 405 g/mol. The van der Waals surface area contributed by atoms with Crippen molar-refractivity contribution in [2.24, 2.45) is 5.73 Å². The van der Waals surface area contributed by atoms with Gasteiger partial charge in [0.2, 0.25) is 0 Å². The number of rotatable bonds is 5. The molecule has 2 aromatic carbocycles. The van der Waals surface area contributed by atoms with Gasteiger partial charge in [0.05, 0.1) is 11.1 Å². The van der Waals surface area contributed by atoms with Crippen LogP contribution in [-0.2, 0) is 12.7 Å². The SMILES string of the molecule is CC(C)Sc1ccccc1C(=O)Nc1cc(CN)cc(C(F)(F)F)c1.Cl. The minimum atomic E-state index is -4.50. The fourth-order valence-electron chi connectivity index (χ4n) is 2.26. The lowest BCUT2D eigenvalue weighted by molar-refractivity contribution is -0.137. The van der Waals surface area contributed by atoms with Crippen LogP contribution in [0.3, 0.4) is 0 Å². The average Bonchev–Trinajstić information content (AvgIpc) is 2.53. The van der Waals surface area contributed by atoms with Crippen molar-refractivity contribution in [1.29, 1.82) is 0 Å². The summed E-state index contributed by atoms with van der Waals surface area (Å²) in [5.41, 5.74) is 5.43. The number of benzene rings is 2. The molecule has 1 amide bonds. The van der Waals surface area contributed by atoms with Crippen molar-refractivity contribution >= 4 is 35.8 Å². The Morgan fingerprint density at radius 3 is 2.42 bits per heavy atom. The molecule has 0 radical (unpaired) electrons. The van der Waals surface area contributed by atoms with E-state index in [9.17, 15) is 18.0 Å². The zero-order valence-electron chi connectivity index (χ0n) is 14.3. The van der Waals surface area contributed by atoms with E-state index >= 15 is 0 Å². The molecule has 26 heavy (non-hydrogen) atoms. The maximum atomic E-state index is 13.0. The summed E-state index contributed by atoms with van der Waals surface area (Å²) < 4.78 is 39.0. The van der Waals surface area contributed by atoms with Gasteiger partial charge in [-0.05, 0) is 35.9 Å². The number of alkyl halides is 3. The van der Waals surface area contributed by atoms with Crippen LogP contribution in [0, 0.1) is 0 Å². The lowest BCUT2D eigenvalue weighted by atomic mass is 10.1. The Morgan fingerprint density at radius 2 is 1.85 bits per heavy atom. The molecule has 142 valence electrons. The summed E-state index contributed by atoms with van der Waals surface area (Å²) >= 11 is 1.52. The molecule has 0 bridgehead atoms. The summed E-state index contributed by atoms with van der Waals surface area (Å²) in [4.78, 5) is 13.3. The second kappa shape index (κ2) is 9.30. The third kappa shape index (κ3) is 5.93. The lowest BCUT2D eigenvalue weighted by Crippen LogP contribution is -2.15. The Balaban J connectivity index is 0.00000338. The van der Waals surface area contributed by atoms with Crippen molar-refractivity contribution in [3.8, 4) is 0 Å². The molecule has 0 aliphatic rings. The maximum absolute atomic E-state index is 13.0. The summed E-state index contributed by atoms with van der Waals surface area (Å²) in [5.74, 6) is -0.453. The monoisotopic (exact) mass is 404 g/mol. The summed E-state index contributed by atoms with van der Waals surface area (Å²) in [6.45, 7) is 3.95. The number of hydrogen-bond donors (Lipinski definition) is 2. The Labute approximate surface area is 161 Å². The Hall–Kier alpha value is -1.70. The van der Waals surface area contributed by atoms with Gasteiger partial charge in [-0.2, -0.15) is 13.2 Å². The predicted octanol–water partition coefficient (Wildman–Crippen LogP) is 5.34. The predicted molar refractivity (Wildman–Crippen MR) is 102 cm³/mol. The maximum Gasteiger partial charge on any atom is 0.416 e. The van der Waals surface area contributed by atoms with Crippen LogP contribution in [0.2, 0.25) is 0 Å². The van der Waals surface area contributed by atoms with Gasteiger partial charge in [0.15, 0.2) is 0 Å². The summed E-state index contributed by atoms with van der Waals surface area (Å²) in [6, 6.07) is 10.3. The first-order valence-corrected chi connectivity index (χ1v) is 8.57. The van der Waals surface area contributed by atoms with Crippen LogP contribution in [-0.4, -0.2) is 11.2 Å². The first-order valence-electron chi connectivity index (χ1n) is 7.69. The third-order valence-electron chi connectivity index (χ3n) is 3.31. The molecule has 2 rings (SSSR count). The number of nitrogens with one attached hydrogen (secondary N) is 1. The molecule has 0 saturated carbocycles. The second-order valence-electron chi connectivity index (χ2n) is 5.74. The van der Waals surface area contributed by atoms with Gasteiger partial charge in [0.25, 0.3) is 5.91 Å². The van der Waals surface area contributed by atoms with E-state index in [0.29, 0.717) is 11.1 Å². The van der Waals surface area contributed by atoms with E-state index in [1.165, 1.54) is 17.8 Å². The third-order valence-corrected chi connectivity index (χ3v) is 4.39. The van der Waals surface area contributed by atoms with Crippen molar-refractivity contribution in [1.82, 2.24) is 0 Å². The van der Waals surface area contributed by atoms with E-state index in [1.54, 1.807) is 12.1 Å². The number of carbonyl (C=O) groups is 1. The van der Waals surface area contributed by atoms with Crippen LogP contribution in [0.25, 0.3) is 0 Å². The molecular weight excluding hydrogens is 385 g/mol. The normalized spacial score (nSPS) is 11.2. The van der Waals surface area contributed by atoms with E-state index < -0.39 is 17.6 Å². The van der Waals surface area contributed by atoms with Gasteiger partial charge < -0.3 is 11.1 Å². The van der Waals surface area contributed by atoms with Crippen LogP contribution in [0.1, 0.15) is 35.3 Å². The van der Waals surface area contributed by atoms with E-state index in [0.717, 1.165) is 17.0 Å². The topological polar surface area (TPSA) is 55.1 Å². The van der Waals surface area contributed by atoms with E-state index in [4.69, 9.17) is 5.73 Å². The fourth-order valence-corrected chi connectivity index (χ4v) is 3.21. The summed E-state index contributed by atoms with van der Waals surface area (Å²) in [5, 5.41) is 2.82. The minimum Gasteiger partial charge on any atom is -0.326 e. The number of thioether (sulfide) groups is 1.